The van der Waals surface area contributed by atoms with E-state index in [-0.39, 0.29) is 47.9 Å². The van der Waals surface area contributed by atoms with Crippen LogP contribution in [-0.4, -0.2) is 25.8 Å². The number of fused-ring (bicyclic) bond motifs is 2. The summed E-state index contributed by atoms with van der Waals surface area (Å²) in [5.74, 6) is 0.286. The van der Waals surface area contributed by atoms with Crippen LogP contribution in [0.25, 0.3) is 44.4 Å². The van der Waals surface area contributed by atoms with Gasteiger partial charge in [0.15, 0.2) is 5.78 Å². The summed E-state index contributed by atoms with van der Waals surface area (Å²) in [6, 6.07) is 19.9. The molecule has 5 rings (SSSR count). The normalized spacial score (nSPS) is 12.4. The Morgan fingerprint density at radius 2 is 1.47 bits per heavy atom. The third kappa shape index (κ3) is 8.25. The van der Waals surface area contributed by atoms with Gasteiger partial charge in [-0.3, -0.25) is 14.8 Å². The minimum atomic E-state index is -0.337. The molecule has 1 radical (unpaired) electrons. The van der Waals surface area contributed by atoms with Crippen LogP contribution >= 0.6 is 0 Å². The van der Waals surface area contributed by atoms with E-state index in [0.29, 0.717) is 0 Å². The number of ketones is 1. The molecule has 7 heteroatoms. The summed E-state index contributed by atoms with van der Waals surface area (Å²) in [5.41, 5.74) is 4.81. The van der Waals surface area contributed by atoms with Crippen molar-refractivity contribution < 1.29 is 34.4 Å². The topological polar surface area (TPSA) is 89.1 Å². The average molecular weight is 811 g/mol. The Kier molecular flexibility index (Phi) is 12.4. The van der Waals surface area contributed by atoms with Gasteiger partial charge in [0.1, 0.15) is 17.7 Å². The van der Waals surface area contributed by atoms with Gasteiger partial charge in [-0.1, -0.05) is 91.5 Å². The molecule has 5 aromatic rings. The van der Waals surface area contributed by atoms with Gasteiger partial charge < -0.3 is 9.52 Å². The van der Waals surface area contributed by atoms with Crippen LogP contribution < -0.4 is 0 Å². The third-order valence-electron chi connectivity index (χ3n) is 9.75. The molecule has 0 saturated heterocycles. The minimum Gasteiger partial charge on any atom is -0.512 e. The van der Waals surface area contributed by atoms with E-state index < -0.39 is 0 Å². The first-order chi connectivity index (χ1) is 21.8. The SMILES string of the molecule is CC(C)(C)c1cc(-c2cc(-c3nccc4occc34)ncn2)[c-]c2ccccc12.CCC(C)(CC)C(=O)/C=C(\O)C(C)(CC)CC.[Ir]. The van der Waals surface area contributed by atoms with Crippen molar-refractivity contribution in [2.75, 3.05) is 0 Å². The fourth-order valence-electron chi connectivity index (χ4n) is 5.41. The number of rotatable bonds is 9. The van der Waals surface area contributed by atoms with Gasteiger partial charge in [0, 0.05) is 54.3 Å². The van der Waals surface area contributed by atoms with Gasteiger partial charge in [-0.25, -0.2) is 4.98 Å². The fraction of sp³-hybridized carbons (Fsp3) is 0.400. The molecule has 0 aliphatic rings. The van der Waals surface area contributed by atoms with Crippen molar-refractivity contribution in [2.24, 2.45) is 10.8 Å². The molecule has 3 heterocycles. The predicted octanol–water partition coefficient (Wildman–Crippen LogP) is 10.9. The quantitative estimate of drug-likeness (QED) is 0.0906. The molecular formula is C40H48IrN3O3-. The summed E-state index contributed by atoms with van der Waals surface area (Å²) >= 11 is 0. The summed E-state index contributed by atoms with van der Waals surface area (Å²) in [6.07, 6.45) is 9.75. The second-order valence-electron chi connectivity index (χ2n) is 13.6. The van der Waals surface area contributed by atoms with Crippen LogP contribution in [0.3, 0.4) is 0 Å². The number of carbonyl (C=O) groups is 1. The van der Waals surface area contributed by atoms with Crippen molar-refractivity contribution in [3.63, 3.8) is 0 Å². The number of carbonyl (C=O) groups excluding carboxylic acids is 1. The zero-order chi connectivity index (χ0) is 33.7. The number of aliphatic hydroxyl groups is 1. The maximum Gasteiger partial charge on any atom is 0.164 e. The van der Waals surface area contributed by atoms with Crippen molar-refractivity contribution in [3.8, 4) is 22.6 Å². The number of allylic oxidation sites excluding steroid dienone is 2. The smallest absolute Gasteiger partial charge is 0.164 e. The summed E-state index contributed by atoms with van der Waals surface area (Å²) < 4.78 is 5.51. The zero-order valence-corrected chi connectivity index (χ0v) is 31.6. The Hall–Kier alpha value is -3.67. The van der Waals surface area contributed by atoms with Crippen LogP contribution in [0, 0.1) is 16.9 Å². The number of benzene rings is 2. The standard InChI is InChI=1S/C25H20N3O.C15H28O2.Ir/c1-25(2,3)20-13-17(12-16-6-4-5-7-18(16)20)21-14-22(28-15-27-21)24-19-9-11-29-23(19)8-10-26-24;1-7-14(5,8-2)12(16)11-13(17)15(6,9-3)10-4;/h4-11,13-15H,1-3H3;11,16H,7-10H2,1-6H3;/q-1;;/b;12-11-;. The first-order valence-corrected chi connectivity index (χ1v) is 16.4. The Morgan fingerprint density at radius 3 is 2.11 bits per heavy atom. The summed E-state index contributed by atoms with van der Waals surface area (Å²) in [4.78, 5) is 25.7. The number of hydrogen-bond donors (Lipinski definition) is 1. The van der Waals surface area contributed by atoms with Gasteiger partial charge in [0.2, 0.25) is 0 Å². The molecule has 2 aromatic carbocycles. The Bertz CT molecular complexity index is 1840. The van der Waals surface area contributed by atoms with Gasteiger partial charge in [-0.2, -0.15) is 0 Å². The van der Waals surface area contributed by atoms with Gasteiger partial charge in [-0.15, -0.1) is 29.1 Å². The second-order valence-corrected chi connectivity index (χ2v) is 13.6. The maximum atomic E-state index is 12.2. The number of nitrogens with zero attached hydrogens (tertiary/aromatic N) is 3. The summed E-state index contributed by atoms with van der Waals surface area (Å²) in [5, 5.41) is 13.4. The molecule has 0 aliphatic carbocycles. The van der Waals surface area contributed by atoms with Crippen LogP contribution in [0.5, 0.6) is 0 Å². The van der Waals surface area contributed by atoms with E-state index in [9.17, 15) is 9.90 Å². The molecule has 0 aliphatic heterocycles. The molecule has 47 heavy (non-hydrogen) atoms. The van der Waals surface area contributed by atoms with Crippen molar-refractivity contribution >= 4 is 27.5 Å². The number of aliphatic hydroxyl groups excluding tert-OH is 1. The van der Waals surface area contributed by atoms with Gasteiger partial charge in [0.25, 0.3) is 0 Å². The Balaban J connectivity index is 0.000000290. The van der Waals surface area contributed by atoms with Crippen LogP contribution in [-0.2, 0) is 30.3 Å². The van der Waals surface area contributed by atoms with Crippen molar-refractivity contribution in [1.82, 2.24) is 15.0 Å². The first-order valence-electron chi connectivity index (χ1n) is 16.4. The van der Waals surface area contributed by atoms with E-state index in [1.54, 1.807) is 18.8 Å². The van der Waals surface area contributed by atoms with Crippen LogP contribution in [0.15, 0.2) is 83.6 Å². The molecule has 3 aromatic heterocycles. The molecular weight excluding hydrogens is 763 g/mol. The van der Waals surface area contributed by atoms with Gasteiger partial charge >= 0.3 is 0 Å². The molecule has 6 nitrogen and oxygen atoms in total. The molecule has 0 unspecified atom stereocenters. The monoisotopic (exact) mass is 811 g/mol. The largest absolute Gasteiger partial charge is 0.512 e. The van der Waals surface area contributed by atoms with Crippen LogP contribution in [0.2, 0.25) is 0 Å². The van der Waals surface area contributed by atoms with Crippen LogP contribution in [0.4, 0.5) is 0 Å². The fourth-order valence-corrected chi connectivity index (χ4v) is 5.41. The minimum absolute atomic E-state index is 0. The average Bonchev–Trinajstić information content (AvgIpc) is 3.56. The molecule has 0 atom stereocenters. The molecule has 0 saturated carbocycles. The van der Waals surface area contributed by atoms with E-state index in [0.717, 1.165) is 64.7 Å². The maximum absolute atomic E-state index is 12.2. The number of pyridine rings is 1. The van der Waals surface area contributed by atoms with E-state index >= 15 is 0 Å². The molecule has 251 valence electrons. The van der Waals surface area contributed by atoms with E-state index in [4.69, 9.17) is 4.42 Å². The van der Waals surface area contributed by atoms with E-state index in [1.165, 1.54) is 17.0 Å². The zero-order valence-electron chi connectivity index (χ0n) is 29.2. The van der Waals surface area contributed by atoms with Crippen molar-refractivity contribution in [2.45, 2.75) is 93.4 Å². The summed E-state index contributed by atoms with van der Waals surface area (Å²) in [6.45, 7) is 18.8. The predicted molar refractivity (Wildman–Crippen MR) is 189 cm³/mol. The van der Waals surface area contributed by atoms with Gasteiger partial charge in [0.05, 0.1) is 17.7 Å². The molecule has 0 amide bonds. The molecule has 1 N–H and O–H groups in total. The van der Waals surface area contributed by atoms with E-state index in [1.807, 2.05) is 65.8 Å². The van der Waals surface area contributed by atoms with E-state index in [2.05, 4.69) is 66.1 Å². The van der Waals surface area contributed by atoms with Gasteiger partial charge in [-0.05, 0) is 49.3 Å². The third-order valence-corrected chi connectivity index (χ3v) is 9.75. The molecule has 0 fully saturated rings. The van der Waals surface area contributed by atoms with Crippen molar-refractivity contribution in [3.05, 3.63) is 90.8 Å². The molecule has 0 spiro atoms. The Labute approximate surface area is 293 Å². The number of furan rings is 1. The summed E-state index contributed by atoms with van der Waals surface area (Å²) in [7, 11) is 0. The number of aromatic nitrogens is 3. The molecule has 0 bridgehead atoms. The van der Waals surface area contributed by atoms with Crippen LogP contribution in [0.1, 0.15) is 93.6 Å². The first kappa shape index (κ1) is 37.8. The van der Waals surface area contributed by atoms with Crippen molar-refractivity contribution in [1.29, 1.82) is 0 Å². The Morgan fingerprint density at radius 1 is 0.830 bits per heavy atom. The number of hydrogen-bond acceptors (Lipinski definition) is 6. The second kappa shape index (κ2) is 15.5.